The maximum atomic E-state index is 12.7. The molecule has 0 spiro atoms. The van der Waals surface area contributed by atoms with Gasteiger partial charge in [-0.2, -0.15) is 10.2 Å². The highest BCUT2D eigenvalue weighted by atomic mass is 79.9. The molecule has 4 rings (SSSR count). The monoisotopic (exact) mass is 578 g/mol. The summed E-state index contributed by atoms with van der Waals surface area (Å²) in [5.41, 5.74) is 0.671. The summed E-state index contributed by atoms with van der Waals surface area (Å²) in [7, 11) is 0. The van der Waals surface area contributed by atoms with E-state index in [1.807, 2.05) is 0 Å². The van der Waals surface area contributed by atoms with Crippen LogP contribution in [0.3, 0.4) is 0 Å². The molecular weight excluding hydrogens is 562 g/mol. The lowest BCUT2D eigenvalue weighted by molar-refractivity contribution is -0.385. The number of hydrogen-bond donors (Lipinski definition) is 1. The van der Waals surface area contributed by atoms with Crippen molar-refractivity contribution in [1.82, 2.24) is 20.0 Å². The van der Waals surface area contributed by atoms with E-state index in [4.69, 9.17) is 0 Å². The first-order valence-corrected chi connectivity index (χ1v) is 11.2. The van der Waals surface area contributed by atoms with Gasteiger partial charge in [-0.15, -0.1) is 0 Å². The Morgan fingerprint density at radius 3 is 1.76 bits per heavy atom. The van der Waals surface area contributed by atoms with Gasteiger partial charge in [0.25, 0.3) is 0 Å². The molecule has 0 saturated carbocycles. The van der Waals surface area contributed by atoms with Crippen LogP contribution in [-0.2, 0) is 6.54 Å². The number of Topliss-reactive ketones (excluding diaryl/α,β-unsaturated/α-hetero) is 2. The average molecular weight is 579 g/mol. The van der Waals surface area contributed by atoms with Crippen molar-refractivity contribution >= 4 is 38.9 Å². The Balaban J connectivity index is 0.000000215. The highest BCUT2D eigenvalue weighted by Gasteiger charge is 2.12. The van der Waals surface area contributed by atoms with E-state index in [2.05, 4.69) is 31.2 Å². The molecule has 15 heteroatoms. The maximum absolute atomic E-state index is 12.7. The molecule has 1 N–H and O–H groups in total. The largest absolute Gasteiger partial charge is 0.307 e. The number of ketones is 2. The minimum Gasteiger partial charge on any atom is -0.293 e. The molecule has 37 heavy (non-hydrogen) atoms. The Kier molecular flexibility index (Phi) is 10.8. The lowest BCUT2D eigenvalue weighted by Gasteiger charge is -2.00. The van der Waals surface area contributed by atoms with Gasteiger partial charge in [0.15, 0.2) is 11.6 Å². The Morgan fingerprint density at radius 1 is 0.865 bits per heavy atom. The summed E-state index contributed by atoms with van der Waals surface area (Å²) >= 11 is 3.03. The fourth-order valence-corrected chi connectivity index (χ4v) is 2.79. The summed E-state index contributed by atoms with van der Waals surface area (Å²) in [6.45, 7) is -0.126. The van der Waals surface area contributed by atoms with Crippen molar-refractivity contribution in [2.45, 2.75) is 6.54 Å². The van der Waals surface area contributed by atoms with E-state index >= 15 is 0 Å². The fraction of sp³-hybridized carbons (Fsp3) is 0.0909. The lowest BCUT2D eigenvalue weighted by Crippen LogP contribution is -2.10. The summed E-state index contributed by atoms with van der Waals surface area (Å²) < 4.78 is 26.2. The molecule has 0 aliphatic heterocycles. The van der Waals surface area contributed by atoms with Gasteiger partial charge in [0.1, 0.15) is 36.8 Å². The number of aromatic nitrogens is 4. The highest BCUT2D eigenvalue weighted by Crippen LogP contribution is 2.10. The smallest absolute Gasteiger partial charge is 0.293 e. The number of benzene rings is 2. The number of nitro groups is 2. The molecule has 4 aromatic rings. The van der Waals surface area contributed by atoms with E-state index in [-0.39, 0.29) is 40.6 Å². The van der Waals surface area contributed by atoms with Crippen LogP contribution in [-0.4, -0.2) is 46.7 Å². The third-order valence-corrected chi connectivity index (χ3v) is 4.79. The van der Waals surface area contributed by atoms with Gasteiger partial charge in [0.2, 0.25) is 0 Å². The van der Waals surface area contributed by atoms with Crippen molar-refractivity contribution in [2.24, 2.45) is 0 Å². The molecule has 2 aromatic carbocycles. The Bertz CT molecular complexity index is 1350. The third-order valence-electron chi connectivity index (χ3n) is 4.28. The number of H-pyrrole nitrogens is 1. The van der Waals surface area contributed by atoms with Crippen LogP contribution in [0.2, 0.25) is 0 Å². The van der Waals surface area contributed by atoms with Crippen LogP contribution in [0.1, 0.15) is 20.7 Å². The van der Waals surface area contributed by atoms with Crippen LogP contribution in [0.5, 0.6) is 0 Å². The molecule has 2 aromatic heterocycles. The average Bonchev–Trinajstić information content (AvgIpc) is 3.58. The zero-order chi connectivity index (χ0) is 27.4. The van der Waals surface area contributed by atoms with Gasteiger partial charge in [-0.1, -0.05) is 15.9 Å². The van der Waals surface area contributed by atoms with Crippen LogP contribution in [0, 0.1) is 31.9 Å². The molecule has 0 amide bonds. The molecule has 0 atom stereocenters. The number of carbonyl (C=O) groups is 2. The second kappa shape index (κ2) is 14.0. The molecule has 0 bridgehead atoms. The van der Waals surface area contributed by atoms with Crippen molar-refractivity contribution < 1.29 is 28.2 Å². The summed E-state index contributed by atoms with van der Waals surface area (Å²) in [4.78, 5) is 41.8. The standard InChI is InChI=1S/C11H8FN3O3.C8H6BrFO.C3H3N3O2/c12-9-3-1-8(2-4-9)11(16)7-14-6-10(5-13-14)15(17)18;9-5-8(11)6-1-3-7(10)4-2-6;7-6(8)3-1-4-5-2-3/h1-6H,7H2;1-4H,5H2;1-2H,(H,4,5). The van der Waals surface area contributed by atoms with E-state index in [1.54, 1.807) is 0 Å². The normalized spacial score (nSPS) is 9.81. The fourth-order valence-electron chi connectivity index (χ4n) is 2.46. The summed E-state index contributed by atoms with van der Waals surface area (Å²) in [5, 5.41) is 29.9. The zero-order valence-electron chi connectivity index (χ0n) is 18.7. The molecule has 2 heterocycles. The highest BCUT2D eigenvalue weighted by molar-refractivity contribution is 9.09. The van der Waals surface area contributed by atoms with Crippen LogP contribution >= 0.6 is 15.9 Å². The number of aromatic amines is 1. The SMILES string of the molecule is O=C(CBr)c1ccc(F)cc1.O=C(Cn1cc([N+](=O)[O-])cn1)c1ccc(F)cc1.O=[N+]([O-])c1cn[nH]c1. The molecule has 192 valence electrons. The molecule has 0 fully saturated rings. The van der Waals surface area contributed by atoms with Crippen LogP contribution in [0.15, 0.2) is 73.3 Å². The van der Waals surface area contributed by atoms with E-state index in [0.717, 1.165) is 12.4 Å². The van der Waals surface area contributed by atoms with E-state index in [1.165, 1.54) is 65.6 Å². The summed E-state index contributed by atoms with van der Waals surface area (Å²) in [5.74, 6) is -1.09. The molecule has 0 unspecified atom stereocenters. The predicted octanol–water partition coefficient (Wildman–Crippen LogP) is 4.53. The van der Waals surface area contributed by atoms with Crippen molar-refractivity contribution in [1.29, 1.82) is 0 Å². The maximum Gasteiger partial charge on any atom is 0.307 e. The molecule has 0 aliphatic rings. The van der Waals surface area contributed by atoms with Gasteiger partial charge in [-0.05, 0) is 48.5 Å². The summed E-state index contributed by atoms with van der Waals surface area (Å²) in [6, 6.07) is 10.6. The minimum atomic E-state index is -0.591. The van der Waals surface area contributed by atoms with Gasteiger partial charge in [-0.3, -0.25) is 39.6 Å². The molecule has 0 aliphatic carbocycles. The van der Waals surface area contributed by atoms with Gasteiger partial charge >= 0.3 is 11.4 Å². The van der Waals surface area contributed by atoms with Crippen molar-refractivity contribution in [3.63, 3.8) is 0 Å². The first-order chi connectivity index (χ1) is 17.6. The van der Waals surface area contributed by atoms with Crippen molar-refractivity contribution in [2.75, 3.05) is 5.33 Å². The first kappa shape index (κ1) is 28.6. The molecule has 12 nitrogen and oxygen atoms in total. The van der Waals surface area contributed by atoms with Crippen LogP contribution in [0.25, 0.3) is 0 Å². The van der Waals surface area contributed by atoms with Crippen LogP contribution in [0.4, 0.5) is 20.2 Å². The topological polar surface area (TPSA) is 167 Å². The Morgan fingerprint density at radius 2 is 1.38 bits per heavy atom. The van der Waals surface area contributed by atoms with Gasteiger partial charge in [-0.25, -0.2) is 8.78 Å². The Hall–Kier alpha value is -4.66. The number of hydrogen-bond acceptors (Lipinski definition) is 8. The predicted molar refractivity (Wildman–Crippen MR) is 129 cm³/mol. The van der Waals surface area contributed by atoms with E-state index in [9.17, 15) is 38.6 Å². The van der Waals surface area contributed by atoms with Crippen molar-refractivity contribution in [3.8, 4) is 0 Å². The Labute approximate surface area is 215 Å². The van der Waals surface area contributed by atoms with Gasteiger partial charge < -0.3 is 0 Å². The number of nitrogens with zero attached hydrogens (tertiary/aromatic N) is 5. The molecule has 0 radical (unpaired) electrons. The van der Waals surface area contributed by atoms with E-state index in [0.29, 0.717) is 11.1 Å². The van der Waals surface area contributed by atoms with Crippen LogP contribution < -0.4 is 0 Å². The van der Waals surface area contributed by atoms with Gasteiger partial charge in [0, 0.05) is 11.1 Å². The first-order valence-electron chi connectivity index (χ1n) is 10.0. The summed E-state index contributed by atoms with van der Waals surface area (Å²) in [6.07, 6.45) is 4.61. The second-order valence-corrected chi connectivity index (χ2v) is 7.42. The third kappa shape index (κ3) is 9.48. The zero-order valence-corrected chi connectivity index (χ0v) is 20.2. The van der Waals surface area contributed by atoms with Gasteiger partial charge in [0.05, 0.1) is 21.4 Å². The molecular formula is C22H17BrF2N6O6. The quantitative estimate of drug-likeness (QED) is 0.144. The number of alkyl halides is 1. The minimum absolute atomic E-state index is 0.00926. The lowest BCUT2D eigenvalue weighted by atomic mass is 10.1. The number of rotatable bonds is 7. The molecule has 0 saturated heterocycles. The second-order valence-electron chi connectivity index (χ2n) is 6.86. The number of halogens is 3. The number of carbonyl (C=O) groups excluding carboxylic acids is 2. The number of nitrogens with one attached hydrogen (secondary N) is 1. The van der Waals surface area contributed by atoms with Crippen molar-refractivity contribution in [3.05, 3.63) is 116 Å². The van der Waals surface area contributed by atoms with E-state index < -0.39 is 15.7 Å².